The molecule has 1 aromatic carbocycles. The highest BCUT2D eigenvalue weighted by Gasteiger charge is 2.32. The van der Waals surface area contributed by atoms with E-state index < -0.39 is 11.5 Å². The zero-order valence-corrected chi connectivity index (χ0v) is 12.5. The fourth-order valence-electron chi connectivity index (χ4n) is 1.90. The van der Waals surface area contributed by atoms with Crippen molar-refractivity contribution in [2.24, 2.45) is 5.73 Å². The minimum Gasteiger partial charge on any atom is -0.497 e. The molecule has 0 saturated heterocycles. The number of carbonyl (C=O) groups is 1. The van der Waals surface area contributed by atoms with Crippen molar-refractivity contribution in [2.75, 3.05) is 13.7 Å². The Balaban J connectivity index is 2.57. The Kier molecular flexibility index (Phi) is 5.82. The van der Waals surface area contributed by atoms with E-state index in [4.69, 9.17) is 19.9 Å². The van der Waals surface area contributed by atoms with Gasteiger partial charge in [0.2, 0.25) is 0 Å². The van der Waals surface area contributed by atoms with Crippen molar-refractivity contribution >= 4 is 5.97 Å². The number of nitrogens with two attached hydrogens (primary N) is 1. The predicted molar refractivity (Wildman–Crippen MR) is 76.9 cm³/mol. The fraction of sp³-hybridized carbons (Fsp3) is 0.533. The molecule has 0 aliphatic carbocycles. The Bertz CT molecular complexity index is 428. The van der Waals surface area contributed by atoms with Crippen molar-refractivity contribution in [2.45, 2.75) is 38.8 Å². The average Bonchev–Trinajstić information content (AvgIpc) is 2.39. The summed E-state index contributed by atoms with van der Waals surface area (Å²) in [5.74, 6) is 1.06. The second-order valence-electron chi connectivity index (χ2n) is 4.95. The lowest BCUT2D eigenvalue weighted by molar-refractivity contribution is -0.149. The summed E-state index contributed by atoms with van der Waals surface area (Å²) in [6, 6.07) is 7.26. The third-order valence-corrected chi connectivity index (χ3v) is 2.85. The maximum Gasteiger partial charge on any atom is 0.325 e. The van der Waals surface area contributed by atoms with Crippen LogP contribution >= 0.6 is 0 Å². The summed E-state index contributed by atoms with van der Waals surface area (Å²) in [5.41, 5.74) is 4.92. The molecule has 0 aliphatic rings. The molecule has 0 amide bonds. The van der Waals surface area contributed by atoms with Crippen molar-refractivity contribution in [3.8, 4) is 11.5 Å². The molecule has 2 N–H and O–H groups in total. The van der Waals surface area contributed by atoms with Crippen LogP contribution in [0.15, 0.2) is 24.3 Å². The van der Waals surface area contributed by atoms with Crippen LogP contribution in [0.25, 0.3) is 0 Å². The average molecular weight is 281 g/mol. The minimum absolute atomic E-state index is 0.206. The highest BCUT2D eigenvalue weighted by molar-refractivity contribution is 5.80. The third-order valence-electron chi connectivity index (χ3n) is 2.85. The summed E-state index contributed by atoms with van der Waals surface area (Å²) >= 11 is 0. The van der Waals surface area contributed by atoms with Crippen molar-refractivity contribution < 1.29 is 19.0 Å². The van der Waals surface area contributed by atoms with Crippen LogP contribution < -0.4 is 15.2 Å². The molecule has 0 radical (unpaired) electrons. The molecule has 0 aromatic heterocycles. The van der Waals surface area contributed by atoms with E-state index in [-0.39, 0.29) is 6.10 Å². The topological polar surface area (TPSA) is 70.8 Å². The fourth-order valence-corrected chi connectivity index (χ4v) is 1.90. The van der Waals surface area contributed by atoms with Crippen LogP contribution in [0.4, 0.5) is 0 Å². The zero-order chi connectivity index (χ0) is 15.2. The number of hydrogen-bond acceptors (Lipinski definition) is 5. The first-order valence-electron chi connectivity index (χ1n) is 6.66. The van der Waals surface area contributed by atoms with Gasteiger partial charge in [0.25, 0.3) is 0 Å². The number of ether oxygens (including phenoxy) is 3. The van der Waals surface area contributed by atoms with E-state index in [1.807, 2.05) is 31.2 Å². The number of rotatable bonds is 7. The van der Waals surface area contributed by atoms with Crippen LogP contribution in [0.2, 0.25) is 0 Å². The normalized spacial score (nSPS) is 15.1. The van der Waals surface area contributed by atoms with Gasteiger partial charge in [-0.1, -0.05) is 0 Å². The molecule has 1 aromatic rings. The Morgan fingerprint density at radius 1 is 1.30 bits per heavy atom. The van der Waals surface area contributed by atoms with E-state index in [1.54, 1.807) is 21.0 Å². The number of hydrogen-bond donors (Lipinski definition) is 1. The lowest BCUT2D eigenvalue weighted by atomic mass is 9.96. The van der Waals surface area contributed by atoms with Crippen molar-refractivity contribution in [1.29, 1.82) is 0 Å². The van der Waals surface area contributed by atoms with E-state index in [9.17, 15) is 4.79 Å². The minimum atomic E-state index is -1.05. The molecular weight excluding hydrogens is 258 g/mol. The Morgan fingerprint density at radius 3 is 2.35 bits per heavy atom. The first-order chi connectivity index (χ1) is 9.39. The van der Waals surface area contributed by atoms with Crippen LogP contribution in [-0.4, -0.2) is 31.3 Å². The third kappa shape index (κ3) is 4.74. The van der Waals surface area contributed by atoms with Crippen molar-refractivity contribution in [1.82, 2.24) is 0 Å². The molecule has 112 valence electrons. The highest BCUT2D eigenvalue weighted by atomic mass is 16.5. The lowest BCUT2D eigenvalue weighted by Crippen LogP contribution is -2.49. The van der Waals surface area contributed by atoms with E-state index in [0.717, 1.165) is 5.75 Å². The molecule has 5 nitrogen and oxygen atoms in total. The van der Waals surface area contributed by atoms with Crippen LogP contribution in [0, 0.1) is 0 Å². The van der Waals surface area contributed by atoms with Gasteiger partial charge in [0.15, 0.2) is 0 Å². The van der Waals surface area contributed by atoms with Gasteiger partial charge < -0.3 is 19.9 Å². The predicted octanol–water partition coefficient (Wildman–Crippen LogP) is 2.13. The second kappa shape index (κ2) is 7.14. The second-order valence-corrected chi connectivity index (χ2v) is 4.95. The molecule has 0 heterocycles. The quantitative estimate of drug-likeness (QED) is 0.775. The summed E-state index contributed by atoms with van der Waals surface area (Å²) in [6.07, 6.45) is 0.167. The molecule has 20 heavy (non-hydrogen) atoms. The van der Waals surface area contributed by atoms with E-state index >= 15 is 0 Å². The van der Waals surface area contributed by atoms with Gasteiger partial charge in [0, 0.05) is 6.42 Å². The van der Waals surface area contributed by atoms with Crippen LogP contribution in [-0.2, 0) is 9.53 Å². The SMILES string of the molecule is CCOC(=O)C(C)(N)CC(C)Oc1ccc(OC)cc1. The van der Waals surface area contributed by atoms with Crippen molar-refractivity contribution in [3.63, 3.8) is 0 Å². The number of esters is 1. The molecule has 2 atom stereocenters. The Hall–Kier alpha value is -1.75. The van der Waals surface area contributed by atoms with Gasteiger partial charge in [-0.05, 0) is 45.0 Å². The van der Waals surface area contributed by atoms with Gasteiger partial charge in [-0.3, -0.25) is 4.79 Å². The molecule has 0 aliphatic heterocycles. The van der Waals surface area contributed by atoms with E-state index in [0.29, 0.717) is 18.8 Å². The maximum absolute atomic E-state index is 11.7. The molecule has 0 spiro atoms. The summed E-state index contributed by atoms with van der Waals surface area (Å²) in [5, 5.41) is 0. The maximum atomic E-state index is 11.7. The summed E-state index contributed by atoms with van der Waals surface area (Å²) in [7, 11) is 1.61. The molecule has 5 heteroatoms. The highest BCUT2D eigenvalue weighted by Crippen LogP contribution is 2.21. The summed E-state index contributed by atoms with van der Waals surface area (Å²) in [4.78, 5) is 11.7. The molecule has 0 fully saturated rings. The van der Waals surface area contributed by atoms with Gasteiger partial charge in [-0.25, -0.2) is 0 Å². The Morgan fingerprint density at radius 2 is 1.85 bits per heavy atom. The van der Waals surface area contributed by atoms with Crippen LogP contribution in [0.5, 0.6) is 11.5 Å². The number of methoxy groups -OCH3 is 1. The monoisotopic (exact) mass is 281 g/mol. The molecule has 1 rings (SSSR count). The van der Waals surface area contributed by atoms with Gasteiger partial charge in [-0.2, -0.15) is 0 Å². The first kappa shape index (κ1) is 16.3. The molecule has 0 bridgehead atoms. The van der Waals surface area contributed by atoms with E-state index in [1.165, 1.54) is 0 Å². The number of carbonyl (C=O) groups excluding carboxylic acids is 1. The van der Waals surface area contributed by atoms with Gasteiger partial charge in [0.05, 0.1) is 19.8 Å². The Labute approximate surface area is 120 Å². The largest absolute Gasteiger partial charge is 0.497 e. The van der Waals surface area contributed by atoms with Crippen molar-refractivity contribution in [3.05, 3.63) is 24.3 Å². The van der Waals surface area contributed by atoms with Crippen LogP contribution in [0.1, 0.15) is 27.2 Å². The van der Waals surface area contributed by atoms with Crippen LogP contribution in [0.3, 0.4) is 0 Å². The molecule has 0 saturated carbocycles. The lowest BCUT2D eigenvalue weighted by Gasteiger charge is -2.26. The zero-order valence-electron chi connectivity index (χ0n) is 12.5. The summed E-state index contributed by atoms with van der Waals surface area (Å²) < 4.78 is 15.8. The van der Waals surface area contributed by atoms with E-state index in [2.05, 4.69) is 0 Å². The van der Waals surface area contributed by atoms with Gasteiger partial charge >= 0.3 is 5.97 Å². The van der Waals surface area contributed by atoms with Gasteiger partial charge in [-0.15, -0.1) is 0 Å². The molecular formula is C15H23NO4. The first-order valence-corrected chi connectivity index (χ1v) is 6.66. The molecule has 2 unspecified atom stereocenters. The summed E-state index contributed by atoms with van der Waals surface area (Å²) in [6.45, 7) is 5.60. The smallest absolute Gasteiger partial charge is 0.325 e. The standard InChI is InChI=1S/C15H23NO4/c1-5-19-14(17)15(3,16)10-11(2)20-13-8-6-12(18-4)7-9-13/h6-9,11H,5,10,16H2,1-4H3. The van der Waals surface area contributed by atoms with Gasteiger partial charge in [0.1, 0.15) is 17.0 Å². The number of benzene rings is 1.